The molecular formula is C17H32O. The standard InChI is InChI=1S/C17H32O/c1-2-3-4-5-6-7-8-9-12-16-13-10-11-14-17(18)15-16/h15,17-18H,2-14H2,1H3. The van der Waals surface area contributed by atoms with E-state index in [4.69, 9.17) is 0 Å². The Morgan fingerprint density at radius 2 is 1.67 bits per heavy atom. The monoisotopic (exact) mass is 252 g/mol. The van der Waals surface area contributed by atoms with E-state index in [2.05, 4.69) is 13.0 Å². The highest BCUT2D eigenvalue weighted by atomic mass is 16.3. The predicted molar refractivity (Wildman–Crippen MR) is 79.8 cm³/mol. The van der Waals surface area contributed by atoms with Crippen molar-refractivity contribution in [1.82, 2.24) is 0 Å². The molecule has 0 aliphatic heterocycles. The van der Waals surface area contributed by atoms with Crippen LogP contribution in [0.4, 0.5) is 0 Å². The summed E-state index contributed by atoms with van der Waals surface area (Å²) >= 11 is 0. The molecule has 1 heteroatoms. The summed E-state index contributed by atoms with van der Waals surface area (Å²) in [5, 5.41) is 9.71. The van der Waals surface area contributed by atoms with Crippen molar-refractivity contribution in [3.63, 3.8) is 0 Å². The van der Waals surface area contributed by atoms with Crippen molar-refractivity contribution in [1.29, 1.82) is 0 Å². The van der Waals surface area contributed by atoms with Crippen molar-refractivity contribution in [2.75, 3.05) is 0 Å². The molecule has 106 valence electrons. The van der Waals surface area contributed by atoms with Crippen molar-refractivity contribution < 1.29 is 5.11 Å². The van der Waals surface area contributed by atoms with Gasteiger partial charge in [-0.25, -0.2) is 0 Å². The average molecular weight is 252 g/mol. The topological polar surface area (TPSA) is 20.2 Å². The highest BCUT2D eigenvalue weighted by Gasteiger charge is 2.08. The van der Waals surface area contributed by atoms with Crippen LogP contribution >= 0.6 is 0 Å². The van der Waals surface area contributed by atoms with Crippen molar-refractivity contribution in [2.45, 2.75) is 96.5 Å². The second-order valence-corrected chi connectivity index (χ2v) is 5.86. The Morgan fingerprint density at radius 3 is 2.39 bits per heavy atom. The lowest BCUT2D eigenvalue weighted by Gasteiger charge is -2.06. The van der Waals surface area contributed by atoms with Crippen LogP contribution in [0.5, 0.6) is 0 Å². The predicted octanol–water partition coefficient (Wildman–Crippen LogP) is 5.38. The third-order valence-corrected chi connectivity index (χ3v) is 4.03. The maximum atomic E-state index is 9.71. The van der Waals surface area contributed by atoms with Crippen LogP contribution in [0.2, 0.25) is 0 Å². The molecule has 1 N–H and O–H groups in total. The van der Waals surface area contributed by atoms with Gasteiger partial charge in [0.1, 0.15) is 0 Å². The molecule has 0 spiro atoms. The smallest absolute Gasteiger partial charge is 0.0723 e. The van der Waals surface area contributed by atoms with E-state index in [0.717, 1.165) is 6.42 Å². The first-order valence-electron chi connectivity index (χ1n) is 8.20. The van der Waals surface area contributed by atoms with Gasteiger partial charge in [0.15, 0.2) is 0 Å². The van der Waals surface area contributed by atoms with E-state index in [0.29, 0.717) is 0 Å². The quantitative estimate of drug-likeness (QED) is 0.431. The number of rotatable bonds is 9. The number of aliphatic hydroxyl groups is 1. The zero-order valence-corrected chi connectivity index (χ0v) is 12.3. The molecule has 0 fully saturated rings. The van der Waals surface area contributed by atoms with Gasteiger partial charge in [0.25, 0.3) is 0 Å². The molecule has 1 nitrogen and oxygen atoms in total. The third-order valence-electron chi connectivity index (χ3n) is 4.03. The van der Waals surface area contributed by atoms with E-state index in [1.165, 1.54) is 82.6 Å². The van der Waals surface area contributed by atoms with Gasteiger partial charge < -0.3 is 5.11 Å². The number of aliphatic hydroxyl groups excluding tert-OH is 1. The molecule has 0 bridgehead atoms. The first kappa shape index (κ1) is 15.8. The molecule has 0 saturated carbocycles. The average Bonchev–Trinajstić information content (AvgIpc) is 2.57. The summed E-state index contributed by atoms with van der Waals surface area (Å²) in [5.74, 6) is 0. The molecule has 0 aromatic carbocycles. The Hall–Kier alpha value is -0.300. The van der Waals surface area contributed by atoms with E-state index < -0.39 is 0 Å². The molecular weight excluding hydrogens is 220 g/mol. The molecule has 0 aromatic heterocycles. The van der Waals surface area contributed by atoms with Crippen molar-refractivity contribution in [3.05, 3.63) is 11.6 Å². The van der Waals surface area contributed by atoms with Crippen LogP contribution in [0.25, 0.3) is 0 Å². The number of hydrogen-bond acceptors (Lipinski definition) is 1. The molecule has 1 atom stereocenters. The zero-order valence-electron chi connectivity index (χ0n) is 12.3. The lowest BCUT2D eigenvalue weighted by atomic mass is 10.0. The van der Waals surface area contributed by atoms with Crippen LogP contribution in [-0.4, -0.2) is 11.2 Å². The SMILES string of the molecule is CCCCCCCCCCC1=CC(O)CCCC1. The second kappa shape index (κ2) is 10.6. The first-order valence-corrected chi connectivity index (χ1v) is 8.20. The minimum atomic E-state index is -0.156. The van der Waals surface area contributed by atoms with Gasteiger partial charge in [-0.1, -0.05) is 69.9 Å². The fourth-order valence-electron chi connectivity index (χ4n) is 2.84. The second-order valence-electron chi connectivity index (χ2n) is 5.86. The summed E-state index contributed by atoms with van der Waals surface area (Å²) in [6, 6.07) is 0. The number of hydrogen-bond donors (Lipinski definition) is 1. The van der Waals surface area contributed by atoms with Gasteiger partial charge >= 0.3 is 0 Å². The van der Waals surface area contributed by atoms with Gasteiger partial charge in [0, 0.05) is 0 Å². The molecule has 0 aromatic rings. The minimum Gasteiger partial charge on any atom is -0.389 e. The first-order chi connectivity index (χ1) is 8.83. The number of unbranched alkanes of at least 4 members (excludes halogenated alkanes) is 7. The van der Waals surface area contributed by atoms with Crippen LogP contribution < -0.4 is 0 Å². The number of allylic oxidation sites excluding steroid dienone is 1. The summed E-state index contributed by atoms with van der Waals surface area (Å²) in [7, 11) is 0. The van der Waals surface area contributed by atoms with Gasteiger partial charge in [0.2, 0.25) is 0 Å². The van der Waals surface area contributed by atoms with Gasteiger partial charge in [-0.3, -0.25) is 0 Å². The summed E-state index contributed by atoms with van der Waals surface area (Å²) < 4.78 is 0. The Labute approximate surface area is 114 Å². The lowest BCUT2D eigenvalue weighted by Crippen LogP contribution is -2.00. The van der Waals surface area contributed by atoms with E-state index >= 15 is 0 Å². The summed E-state index contributed by atoms with van der Waals surface area (Å²) in [6.45, 7) is 2.27. The van der Waals surface area contributed by atoms with Gasteiger partial charge in [-0.15, -0.1) is 0 Å². The molecule has 1 aliphatic carbocycles. The van der Waals surface area contributed by atoms with Crippen LogP contribution in [-0.2, 0) is 0 Å². The Balaban J connectivity index is 1.96. The maximum Gasteiger partial charge on any atom is 0.0723 e. The van der Waals surface area contributed by atoms with Crippen LogP contribution in [0, 0.1) is 0 Å². The van der Waals surface area contributed by atoms with E-state index in [-0.39, 0.29) is 6.10 Å². The molecule has 1 aliphatic rings. The molecule has 1 unspecified atom stereocenters. The van der Waals surface area contributed by atoms with Crippen molar-refractivity contribution >= 4 is 0 Å². The summed E-state index contributed by atoms with van der Waals surface area (Å²) in [5.41, 5.74) is 1.52. The summed E-state index contributed by atoms with van der Waals surface area (Å²) in [6.07, 6.45) is 19.0. The summed E-state index contributed by atoms with van der Waals surface area (Å²) in [4.78, 5) is 0. The highest BCUT2D eigenvalue weighted by molar-refractivity contribution is 5.06. The van der Waals surface area contributed by atoms with Gasteiger partial charge in [-0.05, 0) is 32.1 Å². The van der Waals surface area contributed by atoms with Crippen LogP contribution in [0.15, 0.2) is 11.6 Å². The zero-order chi connectivity index (χ0) is 13.1. The normalized spacial score (nSPS) is 20.6. The van der Waals surface area contributed by atoms with Gasteiger partial charge in [-0.2, -0.15) is 0 Å². The minimum absolute atomic E-state index is 0.156. The Bertz CT molecular complexity index is 220. The molecule has 18 heavy (non-hydrogen) atoms. The van der Waals surface area contributed by atoms with E-state index in [1.807, 2.05) is 0 Å². The fraction of sp³-hybridized carbons (Fsp3) is 0.882. The molecule has 0 amide bonds. The van der Waals surface area contributed by atoms with Crippen LogP contribution in [0.3, 0.4) is 0 Å². The molecule has 0 radical (unpaired) electrons. The lowest BCUT2D eigenvalue weighted by molar-refractivity contribution is 0.211. The van der Waals surface area contributed by atoms with Gasteiger partial charge in [0.05, 0.1) is 6.10 Å². The molecule has 0 heterocycles. The highest BCUT2D eigenvalue weighted by Crippen LogP contribution is 2.22. The molecule has 0 saturated heterocycles. The van der Waals surface area contributed by atoms with E-state index in [1.54, 1.807) is 0 Å². The van der Waals surface area contributed by atoms with Crippen molar-refractivity contribution in [3.8, 4) is 0 Å². The third kappa shape index (κ3) is 7.92. The van der Waals surface area contributed by atoms with Crippen LogP contribution in [0.1, 0.15) is 90.4 Å². The Kier molecular flexibility index (Phi) is 9.28. The van der Waals surface area contributed by atoms with E-state index in [9.17, 15) is 5.11 Å². The van der Waals surface area contributed by atoms with Crippen molar-refractivity contribution in [2.24, 2.45) is 0 Å². The largest absolute Gasteiger partial charge is 0.389 e. The fourth-order valence-corrected chi connectivity index (χ4v) is 2.84. The maximum absolute atomic E-state index is 9.71. The Morgan fingerprint density at radius 1 is 1.00 bits per heavy atom. The molecule has 1 rings (SSSR count).